The first-order chi connectivity index (χ1) is 5.34. The monoisotopic (exact) mass is 232 g/mol. The number of esters is 1. The van der Waals surface area contributed by atoms with Crippen LogP contribution in [0.3, 0.4) is 0 Å². The highest BCUT2D eigenvalue weighted by Gasteiger charge is 2.06. The van der Waals surface area contributed by atoms with Gasteiger partial charge in [-0.25, -0.2) is 14.8 Å². The Labute approximate surface area is 80.8 Å². The predicted molar refractivity (Wildman–Crippen MR) is 48.3 cm³/mol. The number of aromatic nitrogens is 2. The van der Waals surface area contributed by atoms with Crippen molar-refractivity contribution >= 4 is 23.0 Å². The van der Waals surface area contributed by atoms with Crippen LogP contribution in [0.2, 0.25) is 0 Å². The second-order valence-electron chi connectivity index (χ2n) is 1.79. The zero-order chi connectivity index (χ0) is 8.10. The molecule has 0 saturated heterocycles. The minimum absolute atomic E-state index is 0. The molecule has 1 heterocycles. The summed E-state index contributed by atoms with van der Waals surface area (Å²) in [6, 6.07) is 1.64. The third-order valence-electron chi connectivity index (χ3n) is 1.02. The quantitative estimate of drug-likeness (QED) is 0.721. The topological polar surface area (TPSA) is 52.1 Å². The van der Waals surface area contributed by atoms with Gasteiger partial charge in [0.2, 0.25) is 5.82 Å². The number of nitrogens with zero attached hydrogens (tertiary/aromatic N) is 2. The van der Waals surface area contributed by atoms with Crippen LogP contribution >= 0.6 is 17.0 Å². The maximum atomic E-state index is 10.9. The molecular weight excluding hydrogens is 224 g/mol. The molecule has 0 aliphatic heterocycles. The first-order valence-electron chi connectivity index (χ1n) is 3.28. The highest BCUT2D eigenvalue weighted by molar-refractivity contribution is 8.93. The molecule has 0 atom stereocenters. The lowest BCUT2D eigenvalue weighted by Gasteiger charge is -1.97. The standard InChI is InChI=1S/C7H8N2O2.BrH/c1-2-11-7(10)6-8-4-3-5-9-6;/h3-5H,2H2,1H3;1H. The molecule has 0 aromatic carbocycles. The third kappa shape index (κ3) is 2.96. The van der Waals surface area contributed by atoms with Gasteiger partial charge in [-0.3, -0.25) is 0 Å². The number of hydrogen-bond donors (Lipinski definition) is 0. The Morgan fingerprint density at radius 1 is 1.50 bits per heavy atom. The van der Waals surface area contributed by atoms with Crippen LogP contribution in [0.1, 0.15) is 17.5 Å². The van der Waals surface area contributed by atoms with Crippen molar-refractivity contribution in [3.8, 4) is 0 Å². The number of carbonyl (C=O) groups is 1. The molecule has 66 valence electrons. The molecular formula is C7H9BrN2O2. The van der Waals surface area contributed by atoms with E-state index in [0.717, 1.165) is 0 Å². The zero-order valence-corrected chi connectivity index (χ0v) is 8.27. The Balaban J connectivity index is 0.00000121. The second-order valence-corrected chi connectivity index (χ2v) is 1.79. The summed E-state index contributed by atoms with van der Waals surface area (Å²) < 4.78 is 4.66. The molecule has 0 fully saturated rings. The van der Waals surface area contributed by atoms with Crippen molar-refractivity contribution in [1.82, 2.24) is 9.97 Å². The smallest absolute Gasteiger partial charge is 0.376 e. The van der Waals surface area contributed by atoms with Crippen molar-refractivity contribution in [1.29, 1.82) is 0 Å². The fourth-order valence-electron chi connectivity index (χ4n) is 0.600. The number of ether oxygens (including phenoxy) is 1. The minimum atomic E-state index is -0.479. The number of hydrogen-bond acceptors (Lipinski definition) is 4. The van der Waals surface area contributed by atoms with Crippen LogP contribution < -0.4 is 0 Å². The summed E-state index contributed by atoms with van der Waals surface area (Å²) in [6.45, 7) is 2.08. The number of halogens is 1. The highest BCUT2D eigenvalue weighted by atomic mass is 79.9. The summed E-state index contributed by atoms with van der Waals surface area (Å²) in [6.07, 6.45) is 3.00. The lowest BCUT2D eigenvalue weighted by atomic mass is 10.5. The number of carbonyl (C=O) groups excluding carboxylic acids is 1. The molecule has 0 aliphatic carbocycles. The lowest BCUT2D eigenvalue weighted by Crippen LogP contribution is -2.08. The van der Waals surface area contributed by atoms with Gasteiger partial charge in [0, 0.05) is 12.4 Å². The summed E-state index contributed by atoms with van der Waals surface area (Å²) in [5.74, 6) is -0.373. The molecule has 0 radical (unpaired) electrons. The van der Waals surface area contributed by atoms with Gasteiger partial charge in [0.05, 0.1) is 6.61 Å². The normalized spacial score (nSPS) is 8.42. The average molecular weight is 233 g/mol. The Hall–Kier alpha value is -0.970. The van der Waals surface area contributed by atoms with Crippen molar-refractivity contribution in [3.63, 3.8) is 0 Å². The van der Waals surface area contributed by atoms with E-state index in [1.807, 2.05) is 0 Å². The molecule has 0 unspecified atom stereocenters. The van der Waals surface area contributed by atoms with Crippen LogP contribution in [0.15, 0.2) is 18.5 Å². The highest BCUT2D eigenvalue weighted by Crippen LogP contribution is 1.90. The van der Waals surface area contributed by atoms with Crippen molar-refractivity contribution in [3.05, 3.63) is 24.3 Å². The first kappa shape index (κ1) is 11.0. The second kappa shape index (κ2) is 5.65. The predicted octanol–water partition coefficient (Wildman–Crippen LogP) is 1.23. The van der Waals surface area contributed by atoms with E-state index in [9.17, 15) is 4.79 Å². The molecule has 1 aromatic heterocycles. The molecule has 0 amide bonds. The van der Waals surface area contributed by atoms with Gasteiger partial charge in [-0.05, 0) is 13.0 Å². The Morgan fingerprint density at radius 2 is 2.08 bits per heavy atom. The van der Waals surface area contributed by atoms with E-state index in [0.29, 0.717) is 6.61 Å². The van der Waals surface area contributed by atoms with Crippen molar-refractivity contribution < 1.29 is 9.53 Å². The van der Waals surface area contributed by atoms with Crippen LogP contribution in [0, 0.1) is 0 Å². The van der Waals surface area contributed by atoms with Gasteiger partial charge in [0.1, 0.15) is 0 Å². The van der Waals surface area contributed by atoms with E-state index in [1.54, 1.807) is 13.0 Å². The Bertz CT molecular complexity index is 240. The summed E-state index contributed by atoms with van der Waals surface area (Å²) in [4.78, 5) is 18.3. The van der Waals surface area contributed by atoms with Crippen LogP contribution in [-0.2, 0) is 4.74 Å². The fraction of sp³-hybridized carbons (Fsp3) is 0.286. The molecule has 0 saturated carbocycles. The molecule has 1 aromatic rings. The van der Waals surface area contributed by atoms with Crippen LogP contribution in [0.25, 0.3) is 0 Å². The van der Waals surface area contributed by atoms with Gasteiger partial charge in [0.25, 0.3) is 0 Å². The van der Waals surface area contributed by atoms with E-state index in [1.165, 1.54) is 12.4 Å². The lowest BCUT2D eigenvalue weighted by molar-refractivity contribution is 0.0512. The Kier molecular flexibility index (Phi) is 5.19. The summed E-state index contributed by atoms with van der Waals surface area (Å²) in [5, 5.41) is 0. The van der Waals surface area contributed by atoms with Gasteiger partial charge < -0.3 is 4.74 Å². The molecule has 0 spiro atoms. The summed E-state index contributed by atoms with van der Waals surface area (Å²) >= 11 is 0. The molecule has 0 N–H and O–H groups in total. The van der Waals surface area contributed by atoms with E-state index in [2.05, 4.69) is 14.7 Å². The molecule has 0 bridgehead atoms. The number of rotatable bonds is 2. The maximum Gasteiger partial charge on any atom is 0.376 e. The van der Waals surface area contributed by atoms with Gasteiger partial charge >= 0.3 is 5.97 Å². The Morgan fingerprint density at radius 3 is 2.58 bits per heavy atom. The summed E-state index contributed by atoms with van der Waals surface area (Å²) in [5.41, 5.74) is 0. The fourth-order valence-corrected chi connectivity index (χ4v) is 0.600. The van der Waals surface area contributed by atoms with Crippen LogP contribution in [0.4, 0.5) is 0 Å². The van der Waals surface area contributed by atoms with Gasteiger partial charge in [0.15, 0.2) is 0 Å². The average Bonchev–Trinajstić information content (AvgIpc) is 2.07. The van der Waals surface area contributed by atoms with E-state index in [4.69, 9.17) is 0 Å². The zero-order valence-electron chi connectivity index (χ0n) is 6.56. The first-order valence-corrected chi connectivity index (χ1v) is 3.28. The van der Waals surface area contributed by atoms with Crippen molar-refractivity contribution in [2.45, 2.75) is 6.92 Å². The molecule has 1 rings (SSSR count). The van der Waals surface area contributed by atoms with Crippen molar-refractivity contribution in [2.24, 2.45) is 0 Å². The van der Waals surface area contributed by atoms with Gasteiger partial charge in [-0.1, -0.05) is 0 Å². The third-order valence-corrected chi connectivity index (χ3v) is 1.02. The van der Waals surface area contributed by atoms with E-state index >= 15 is 0 Å². The molecule has 0 aliphatic rings. The minimum Gasteiger partial charge on any atom is -0.460 e. The van der Waals surface area contributed by atoms with E-state index in [-0.39, 0.29) is 22.8 Å². The SMILES string of the molecule is Br.CCOC(=O)c1ncccn1. The molecule has 5 heteroatoms. The van der Waals surface area contributed by atoms with Crippen LogP contribution in [-0.4, -0.2) is 22.5 Å². The maximum absolute atomic E-state index is 10.9. The molecule has 12 heavy (non-hydrogen) atoms. The van der Waals surface area contributed by atoms with Crippen LogP contribution in [0.5, 0.6) is 0 Å². The van der Waals surface area contributed by atoms with E-state index < -0.39 is 5.97 Å². The van der Waals surface area contributed by atoms with Gasteiger partial charge in [-0.2, -0.15) is 0 Å². The van der Waals surface area contributed by atoms with Crippen molar-refractivity contribution in [2.75, 3.05) is 6.61 Å². The van der Waals surface area contributed by atoms with Gasteiger partial charge in [-0.15, -0.1) is 17.0 Å². The summed E-state index contributed by atoms with van der Waals surface area (Å²) in [7, 11) is 0. The molecule has 4 nitrogen and oxygen atoms in total. The largest absolute Gasteiger partial charge is 0.460 e.